The van der Waals surface area contributed by atoms with E-state index in [-0.39, 0.29) is 20.2 Å². The van der Waals surface area contributed by atoms with Gasteiger partial charge in [0.2, 0.25) is 0 Å². The van der Waals surface area contributed by atoms with Gasteiger partial charge in [-0.3, -0.25) is 9.52 Å². The fraction of sp³-hybridized carbons (Fsp3) is 0.0588. The molecule has 0 unspecified atom stereocenters. The fourth-order valence-corrected chi connectivity index (χ4v) is 4.36. The van der Waals surface area contributed by atoms with Gasteiger partial charge in [-0.05, 0) is 36.4 Å². The highest BCUT2D eigenvalue weighted by molar-refractivity contribution is 9.10. The molecule has 3 rings (SSSR count). The van der Waals surface area contributed by atoms with Crippen molar-refractivity contribution in [3.63, 3.8) is 0 Å². The van der Waals surface area contributed by atoms with Crippen molar-refractivity contribution in [2.24, 2.45) is 0 Å². The number of amides is 1. The van der Waals surface area contributed by atoms with Gasteiger partial charge >= 0.3 is 0 Å². The lowest BCUT2D eigenvalue weighted by molar-refractivity contribution is -0.118. The van der Waals surface area contributed by atoms with Crippen LogP contribution in [0.2, 0.25) is 0 Å². The van der Waals surface area contributed by atoms with E-state index < -0.39 is 39.9 Å². The highest BCUT2D eigenvalue weighted by Gasteiger charge is 2.16. The summed E-state index contributed by atoms with van der Waals surface area (Å²) in [7, 11) is -3.81. The molecule has 2 N–H and O–H groups in total. The maximum atomic E-state index is 13.7. The number of nitrogens with zero attached hydrogens (tertiary/aromatic N) is 1. The molecular formula is C17H12BrF2N3O4S2. The van der Waals surface area contributed by atoms with Gasteiger partial charge in [0.25, 0.3) is 15.9 Å². The number of rotatable bonds is 7. The first-order valence-corrected chi connectivity index (χ1v) is 11.0. The number of hydrogen-bond donors (Lipinski definition) is 2. The van der Waals surface area contributed by atoms with Crippen molar-refractivity contribution in [1.82, 2.24) is 4.98 Å². The van der Waals surface area contributed by atoms with E-state index in [2.05, 4.69) is 31.0 Å². The Morgan fingerprint density at radius 1 is 1.17 bits per heavy atom. The zero-order valence-corrected chi connectivity index (χ0v) is 17.6. The van der Waals surface area contributed by atoms with Gasteiger partial charge in [0.15, 0.2) is 29.1 Å². The maximum absolute atomic E-state index is 13.7. The fourth-order valence-electron chi connectivity index (χ4n) is 2.17. The molecule has 7 nitrogen and oxygen atoms in total. The van der Waals surface area contributed by atoms with E-state index in [0.29, 0.717) is 0 Å². The second kappa shape index (κ2) is 8.84. The number of carbonyl (C=O) groups is 1. The summed E-state index contributed by atoms with van der Waals surface area (Å²) in [4.78, 5) is 15.8. The minimum atomic E-state index is -3.81. The largest absolute Gasteiger partial charge is 0.478 e. The number of benzene rings is 2. The van der Waals surface area contributed by atoms with Gasteiger partial charge in [0.05, 0.1) is 4.90 Å². The van der Waals surface area contributed by atoms with Gasteiger partial charge in [-0.2, -0.15) is 0 Å². The maximum Gasteiger partial charge on any atom is 0.263 e. The molecule has 0 spiro atoms. The van der Waals surface area contributed by atoms with Crippen molar-refractivity contribution >= 4 is 54.0 Å². The van der Waals surface area contributed by atoms with E-state index in [9.17, 15) is 22.0 Å². The summed E-state index contributed by atoms with van der Waals surface area (Å²) in [5.41, 5.74) is 0.281. The van der Waals surface area contributed by atoms with Crippen molar-refractivity contribution < 1.29 is 26.7 Å². The van der Waals surface area contributed by atoms with Gasteiger partial charge in [0.1, 0.15) is 0 Å². The lowest BCUT2D eigenvalue weighted by Crippen LogP contribution is -2.21. The van der Waals surface area contributed by atoms with Crippen molar-refractivity contribution in [3.05, 3.63) is 64.1 Å². The van der Waals surface area contributed by atoms with Crippen molar-refractivity contribution in [2.45, 2.75) is 4.90 Å². The number of anilines is 2. The lowest BCUT2D eigenvalue weighted by Gasteiger charge is -2.10. The minimum Gasteiger partial charge on any atom is -0.478 e. The monoisotopic (exact) mass is 503 g/mol. The van der Waals surface area contributed by atoms with Crippen LogP contribution in [0, 0.1) is 11.6 Å². The molecule has 0 fully saturated rings. The molecule has 2 aromatic carbocycles. The lowest BCUT2D eigenvalue weighted by atomic mass is 10.3. The van der Waals surface area contributed by atoms with Crippen LogP contribution in [0.15, 0.2) is 57.3 Å². The molecule has 3 aromatic rings. The zero-order chi connectivity index (χ0) is 21.0. The van der Waals surface area contributed by atoms with E-state index in [4.69, 9.17) is 4.74 Å². The normalized spacial score (nSPS) is 11.1. The Morgan fingerprint density at radius 2 is 1.83 bits per heavy atom. The van der Waals surface area contributed by atoms with E-state index in [1.807, 2.05) is 0 Å². The van der Waals surface area contributed by atoms with E-state index in [1.165, 1.54) is 30.5 Å². The zero-order valence-electron chi connectivity index (χ0n) is 14.4. The molecule has 1 heterocycles. The molecular weight excluding hydrogens is 492 g/mol. The molecule has 0 radical (unpaired) electrons. The molecule has 1 amide bonds. The summed E-state index contributed by atoms with van der Waals surface area (Å²) in [6.07, 6.45) is 1.47. The Balaban J connectivity index is 1.60. The van der Waals surface area contributed by atoms with Crippen LogP contribution in [-0.4, -0.2) is 25.9 Å². The number of aromatic nitrogens is 1. The number of carbonyl (C=O) groups excluding carboxylic acids is 1. The number of sulfonamides is 1. The van der Waals surface area contributed by atoms with Gasteiger partial charge in [-0.25, -0.2) is 22.2 Å². The van der Waals surface area contributed by atoms with Crippen LogP contribution < -0.4 is 14.8 Å². The summed E-state index contributed by atoms with van der Waals surface area (Å²) in [5.74, 6) is -3.25. The number of ether oxygens (including phenoxy) is 1. The predicted octanol–water partition coefficient (Wildman–Crippen LogP) is 4.00. The van der Waals surface area contributed by atoms with Crippen molar-refractivity contribution in [2.75, 3.05) is 16.6 Å². The van der Waals surface area contributed by atoms with Crippen LogP contribution in [0.3, 0.4) is 0 Å². The molecule has 0 aliphatic heterocycles. The summed E-state index contributed by atoms with van der Waals surface area (Å²) >= 11 is 4.08. The molecule has 0 atom stereocenters. The highest BCUT2D eigenvalue weighted by atomic mass is 79.9. The Hall–Kier alpha value is -2.57. The second-order valence-electron chi connectivity index (χ2n) is 5.50. The van der Waals surface area contributed by atoms with E-state index in [1.54, 1.807) is 5.38 Å². The topological polar surface area (TPSA) is 97.4 Å². The number of halogens is 3. The molecule has 29 heavy (non-hydrogen) atoms. The molecule has 12 heteroatoms. The van der Waals surface area contributed by atoms with E-state index in [0.717, 1.165) is 23.5 Å². The third-order valence-electron chi connectivity index (χ3n) is 3.41. The van der Waals surface area contributed by atoms with Crippen LogP contribution in [0.5, 0.6) is 5.75 Å². The summed E-state index contributed by atoms with van der Waals surface area (Å²) in [5, 5.41) is 4.30. The second-order valence-corrected chi connectivity index (χ2v) is 9.00. The first-order valence-electron chi connectivity index (χ1n) is 7.84. The Kier molecular flexibility index (Phi) is 6.45. The molecule has 0 aliphatic carbocycles. The van der Waals surface area contributed by atoms with E-state index >= 15 is 0 Å². The quantitative estimate of drug-likeness (QED) is 0.507. The molecule has 152 valence electrons. The van der Waals surface area contributed by atoms with Crippen LogP contribution in [0.4, 0.5) is 19.6 Å². The molecule has 0 saturated heterocycles. The minimum absolute atomic E-state index is 0.0269. The Bertz CT molecular complexity index is 1100. The van der Waals surface area contributed by atoms with Crippen LogP contribution in [0.25, 0.3) is 0 Å². The number of hydrogen-bond acceptors (Lipinski definition) is 6. The molecule has 0 bridgehead atoms. The highest BCUT2D eigenvalue weighted by Crippen LogP contribution is 2.26. The summed E-state index contributed by atoms with van der Waals surface area (Å²) in [6.45, 7) is -0.638. The number of thiazole rings is 1. The Labute approximate surface area is 176 Å². The SMILES string of the molecule is O=C(COc1c(F)cc(Br)cc1F)Nc1ccc(S(=O)(=O)Nc2nccs2)cc1. The van der Waals surface area contributed by atoms with Crippen molar-refractivity contribution in [3.8, 4) is 5.75 Å². The third-order valence-corrected chi connectivity index (χ3v) is 6.04. The molecule has 0 saturated carbocycles. The standard InChI is InChI=1S/C17H12BrF2N3O4S2/c18-10-7-13(19)16(14(20)8-10)27-9-15(24)22-11-1-3-12(4-2-11)29(25,26)23-17-21-5-6-28-17/h1-8H,9H2,(H,21,23)(H,22,24). The van der Waals surface area contributed by atoms with Crippen LogP contribution in [-0.2, 0) is 14.8 Å². The Morgan fingerprint density at radius 3 is 2.41 bits per heavy atom. The van der Waals surface area contributed by atoms with Gasteiger partial charge < -0.3 is 10.1 Å². The summed E-state index contributed by atoms with van der Waals surface area (Å²) < 4.78 is 59.3. The van der Waals surface area contributed by atoms with Crippen molar-refractivity contribution in [1.29, 1.82) is 0 Å². The first-order chi connectivity index (χ1) is 13.7. The predicted molar refractivity (Wildman–Crippen MR) is 108 cm³/mol. The molecule has 1 aromatic heterocycles. The number of nitrogens with one attached hydrogen (secondary N) is 2. The average Bonchev–Trinajstić information content (AvgIpc) is 3.13. The van der Waals surface area contributed by atoms with Crippen LogP contribution >= 0.6 is 27.3 Å². The third kappa shape index (κ3) is 5.49. The first kappa shape index (κ1) is 21.1. The van der Waals surface area contributed by atoms with Gasteiger partial charge in [0, 0.05) is 21.7 Å². The molecule has 0 aliphatic rings. The summed E-state index contributed by atoms with van der Waals surface area (Å²) in [6, 6.07) is 7.34. The van der Waals surface area contributed by atoms with Crippen LogP contribution in [0.1, 0.15) is 0 Å². The smallest absolute Gasteiger partial charge is 0.263 e. The average molecular weight is 504 g/mol. The van der Waals surface area contributed by atoms with Gasteiger partial charge in [-0.15, -0.1) is 11.3 Å². The van der Waals surface area contributed by atoms with Gasteiger partial charge in [-0.1, -0.05) is 15.9 Å².